The Bertz CT molecular complexity index is 445. The molecule has 1 unspecified atom stereocenters. The number of nitrogens with zero attached hydrogens (tertiary/aromatic N) is 2. The molecule has 1 aromatic rings. The predicted molar refractivity (Wildman–Crippen MR) is 68.5 cm³/mol. The van der Waals surface area contributed by atoms with E-state index in [-0.39, 0.29) is 6.10 Å². The largest absolute Gasteiger partial charge is 0.389 e. The number of oxime groups is 1. The monoisotopic (exact) mass is 312 g/mol. The van der Waals surface area contributed by atoms with Crippen LogP contribution in [0.2, 0.25) is 0 Å². The normalized spacial score (nSPS) is 25.7. The van der Waals surface area contributed by atoms with Gasteiger partial charge in [0.15, 0.2) is 6.10 Å². The first-order chi connectivity index (χ1) is 8.81. The Balaban J connectivity index is 1.48. The number of hydrogen-bond acceptors (Lipinski definition) is 5. The van der Waals surface area contributed by atoms with E-state index < -0.39 is 0 Å². The second-order valence-corrected chi connectivity index (χ2v) is 5.24. The molecule has 18 heavy (non-hydrogen) atoms. The summed E-state index contributed by atoms with van der Waals surface area (Å²) in [5.74, 6) is 0. The van der Waals surface area contributed by atoms with Crippen LogP contribution in [-0.4, -0.2) is 42.7 Å². The van der Waals surface area contributed by atoms with Crippen LogP contribution in [0.25, 0.3) is 0 Å². The SMILES string of the molecule is Brc1ccc(C2=NO[C@H](COCC3CO3)C2)nc1. The Labute approximate surface area is 113 Å². The molecule has 6 heteroatoms. The smallest absolute Gasteiger partial charge is 0.156 e. The molecule has 0 bridgehead atoms. The topological polar surface area (TPSA) is 56.2 Å². The average molecular weight is 313 g/mol. The summed E-state index contributed by atoms with van der Waals surface area (Å²) in [6.07, 6.45) is 2.77. The summed E-state index contributed by atoms with van der Waals surface area (Å²) in [6, 6.07) is 3.87. The maximum absolute atomic E-state index is 5.49. The molecule has 0 radical (unpaired) electrons. The van der Waals surface area contributed by atoms with Crippen LogP contribution in [0, 0.1) is 0 Å². The van der Waals surface area contributed by atoms with E-state index in [2.05, 4.69) is 26.1 Å². The van der Waals surface area contributed by atoms with Gasteiger partial charge in [-0.2, -0.15) is 0 Å². The highest BCUT2D eigenvalue weighted by Gasteiger charge is 2.26. The van der Waals surface area contributed by atoms with E-state index in [1.807, 2.05) is 12.1 Å². The number of rotatable bonds is 5. The summed E-state index contributed by atoms with van der Waals surface area (Å²) in [6.45, 7) is 2.01. The van der Waals surface area contributed by atoms with E-state index in [4.69, 9.17) is 14.3 Å². The molecule has 2 aliphatic heterocycles. The van der Waals surface area contributed by atoms with E-state index in [1.165, 1.54) is 0 Å². The van der Waals surface area contributed by atoms with E-state index >= 15 is 0 Å². The third-order valence-corrected chi connectivity index (χ3v) is 3.23. The Hall–Kier alpha value is -0.980. The van der Waals surface area contributed by atoms with Crippen molar-refractivity contribution in [3.63, 3.8) is 0 Å². The van der Waals surface area contributed by atoms with Gasteiger partial charge in [0.05, 0.1) is 25.5 Å². The fraction of sp³-hybridized carbons (Fsp3) is 0.500. The van der Waals surface area contributed by atoms with Gasteiger partial charge in [-0.05, 0) is 28.1 Å². The highest BCUT2D eigenvalue weighted by atomic mass is 79.9. The van der Waals surface area contributed by atoms with Gasteiger partial charge in [0.1, 0.15) is 11.8 Å². The highest BCUT2D eigenvalue weighted by Crippen LogP contribution is 2.18. The lowest BCUT2D eigenvalue weighted by Crippen LogP contribution is -2.18. The molecule has 0 spiro atoms. The molecule has 3 rings (SSSR count). The Morgan fingerprint density at radius 3 is 2.89 bits per heavy atom. The van der Waals surface area contributed by atoms with Crippen LogP contribution >= 0.6 is 15.9 Å². The molecule has 1 saturated heterocycles. The second-order valence-electron chi connectivity index (χ2n) is 4.32. The van der Waals surface area contributed by atoms with E-state index in [9.17, 15) is 0 Å². The fourth-order valence-electron chi connectivity index (χ4n) is 1.71. The minimum absolute atomic E-state index is 0.0100. The molecule has 0 N–H and O–H groups in total. The molecule has 5 nitrogen and oxygen atoms in total. The Morgan fingerprint density at radius 2 is 2.17 bits per heavy atom. The predicted octanol–water partition coefficient (Wildman–Crippen LogP) is 1.75. The van der Waals surface area contributed by atoms with Crippen LogP contribution in [-0.2, 0) is 14.3 Å². The minimum Gasteiger partial charge on any atom is -0.389 e. The maximum atomic E-state index is 5.49. The van der Waals surface area contributed by atoms with E-state index in [0.717, 1.165) is 28.9 Å². The van der Waals surface area contributed by atoms with Crippen LogP contribution in [0.5, 0.6) is 0 Å². The lowest BCUT2D eigenvalue weighted by atomic mass is 10.1. The maximum Gasteiger partial charge on any atom is 0.156 e. The molecular weight excluding hydrogens is 300 g/mol. The number of ether oxygens (including phenoxy) is 2. The van der Waals surface area contributed by atoms with E-state index in [0.29, 0.717) is 19.3 Å². The second kappa shape index (κ2) is 5.34. The van der Waals surface area contributed by atoms with Gasteiger partial charge in [0.2, 0.25) is 0 Å². The lowest BCUT2D eigenvalue weighted by molar-refractivity contribution is -0.000945. The van der Waals surface area contributed by atoms with Gasteiger partial charge in [0, 0.05) is 17.1 Å². The first kappa shape index (κ1) is 12.1. The molecule has 3 heterocycles. The number of epoxide rings is 1. The van der Waals surface area contributed by atoms with Crippen LogP contribution < -0.4 is 0 Å². The zero-order valence-corrected chi connectivity index (χ0v) is 11.3. The third-order valence-electron chi connectivity index (χ3n) is 2.77. The summed E-state index contributed by atoms with van der Waals surface area (Å²) in [4.78, 5) is 9.62. The average Bonchev–Trinajstić information content (AvgIpc) is 3.08. The van der Waals surface area contributed by atoms with Crippen molar-refractivity contribution < 1.29 is 14.3 Å². The molecule has 2 atom stereocenters. The van der Waals surface area contributed by atoms with Gasteiger partial charge >= 0.3 is 0 Å². The van der Waals surface area contributed by atoms with Gasteiger partial charge in [0.25, 0.3) is 0 Å². The summed E-state index contributed by atoms with van der Waals surface area (Å²) >= 11 is 3.35. The minimum atomic E-state index is -0.0100. The quantitative estimate of drug-likeness (QED) is 0.777. The van der Waals surface area contributed by atoms with Crippen molar-refractivity contribution in [2.45, 2.75) is 18.6 Å². The summed E-state index contributed by atoms with van der Waals surface area (Å²) in [5.41, 5.74) is 1.73. The van der Waals surface area contributed by atoms with Gasteiger partial charge in [-0.1, -0.05) is 5.16 Å². The number of hydrogen-bond donors (Lipinski definition) is 0. The number of halogens is 1. The molecule has 0 saturated carbocycles. The fourth-order valence-corrected chi connectivity index (χ4v) is 1.95. The summed E-state index contributed by atoms with van der Waals surface area (Å²) in [7, 11) is 0. The van der Waals surface area contributed by atoms with Crippen LogP contribution in [0.1, 0.15) is 12.1 Å². The molecule has 0 amide bonds. The number of pyridine rings is 1. The summed E-state index contributed by atoms with van der Waals surface area (Å²) in [5, 5.41) is 4.06. The van der Waals surface area contributed by atoms with Crippen molar-refractivity contribution in [1.82, 2.24) is 4.98 Å². The van der Waals surface area contributed by atoms with Crippen molar-refractivity contribution in [3.8, 4) is 0 Å². The van der Waals surface area contributed by atoms with Crippen LogP contribution in [0.3, 0.4) is 0 Å². The molecular formula is C12H13BrN2O3. The van der Waals surface area contributed by atoms with Gasteiger partial charge in [-0.15, -0.1) is 0 Å². The summed E-state index contributed by atoms with van der Waals surface area (Å²) < 4.78 is 11.5. The van der Waals surface area contributed by atoms with Crippen molar-refractivity contribution in [2.75, 3.05) is 19.8 Å². The van der Waals surface area contributed by atoms with Gasteiger partial charge in [-0.3, -0.25) is 4.98 Å². The molecule has 96 valence electrons. The zero-order chi connectivity index (χ0) is 12.4. The van der Waals surface area contributed by atoms with Gasteiger partial charge in [-0.25, -0.2) is 0 Å². The first-order valence-corrected chi connectivity index (χ1v) is 6.64. The standard InChI is InChI=1S/C12H13BrN2O3/c13-8-1-2-11(14-4-8)12-3-9(18-15-12)5-16-6-10-7-17-10/h1-2,4,9-10H,3,5-7H2/t9-,10?/m0/s1. The third kappa shape index (κ3) is 3.07. The lowest BCUT2D eigenvalue weighted by Gasteiger charge is -2.07. The highest BCUT2D eigenvalue weighted by molar-refractivity contribution is 9.10. The molecule has 1 fully saturated rings. The van der Waals surface area contributed by atoms with Crippen LogP contribution in [0.4, 0.5) is 0 Å². The Morgan fingerprint density at radius 1 is 1.33 bits per heavy atom. The van der Waals surface area contributed by atoms with Crippen LogP contribution in [0.15, 0.2) is 28.0 Å². The van der Waals surface area contributed by atoms with Crippen molar-refractivity contribution in [1.29, 1.82) is 0 Å². The van der Waals surface area contributed by atoms with Gasteiger partial charge < -0.3 is 14.3 Å². The van der Waals surface area contributed by atoms with E-state index in [1.54, 1.807) is 6.20 Å². The molecule has 1 aromatic heterocycles. The molecule has 0 aromatic carbocycles. The molecule has 2 aliphatic rings. The number of aromatic nitrogens is 1. The van der Waals surface area contributed by atoms with Crippen molar-refractivity contribution in [2.24, 2.45) is 5.16 Å². The molecule has 0 aliphatic carbocycles. The zero-order valence-electron chi connectivity index (χ0n) is 9.71. The van der Waals surface area contributed by atoms with Crippen molar-refractivity contribution >= 4 is 21.6 Å². The Kier molecular flexibility index (Phi) is 3.58. The first-order valence-electron chi connectivity index (χ1n) is 5.85. The van der Waals surface area contributed by atoms with Crippen molar-refractivity contribution in [3.05, 3.63) is 28.5 Å².